The number of rotatable bonds is 16. The van der Waals surface area contributed by atoms with Crippen LogP contribution in [0.5, 0.6) is 0 Å². The third-order valence-electron chi connectivity index (χ3n) is 5.23. The van der Waals surface area contributed by atoms with Crippen molar-refractivity contribution < 1.29 is 34.2 Å². The topological polar surface area (TPSA) is 252 Å². The lowest BCUT2D eigenvalue weighted by Gasteiger charge is -2.23. The fourth-order valence-electron chi connectivity index (χ4n) is 3.21. The summed E-state index contributed by atoms with van der Waals surface area (Å²) in [5.74, 6) is -4.88. The second-order valence-electron chi connectivity index (χ2n) is 8.37. The molecule has 0 heterocycles. The van der Waals surface area contributed by atoms with Gasteiger partial charge in [-0.1, -0.05) is 30.3 Å². The molecule has 14 heteroatoms. The Morgan fingerprint density at radius 1 is 0.892 bits per heavy atom. The summed E-state index contributed by atoms with van der Waals surface area (Å²) >= 11 is 0. The third kappa shape index (κ3) is 12.4. The van der Waals surface area contributed by atoms with Crippen LogP contribution in [-0.2, 0) is 30.4 Å². The first-order valence-corrected chi connectivity index (χ1v) is 11.6. The molecule has 4 atom stereocenters. The minimum atomic E-state index is -1.45. The van der Waals surface area contributed by atoms with Gasteiger partial charge in [0, 0.05) is 13.0 Å². The van der Waals surface area contributed by atoms with Crippen LogP contribution in [-0.4, -0.2) is 76.5 Å². The van der Waals surface area contributed by atoms with Gasteiger partial charge in [-0.15, -0.1) is 0 Å². The Balaban J connectivity index is 2.83. The van der Waals surface area contributed by atoms with E-state index >= 15 is 0 Å². The van der Waals surface area contributed by atoms with Gasteiger partial charge in [-0.2, -0.15) is 0 Å². The largest absolute Gasteiger partial charge is 0.481 e. The number of nitrogens with two attached hydrogens (primary N) is 3. The highest BCUT2D eigenvalue weighted by Crippen LogP contribution is 2.05. The summed E-state index contributed by atoms with van der Waals surface area (Å²) in [5, 5.41) is 25.2. The van der Waals surface area contributed by atoms with Gasteiger partial charge in [0.25, 0.3) is 0 Å². The molecule has 204 valence electrons. The van der Waals surface area contributed by atoms with E-state index in [-0.39, 0.29) is 31.8 Å². The van der Waals surface area contributed by atoms with Crippen molar-refractivity contribution in [2.45, 2.75) is 63.2 Å². The highest BCUT2D eigenvalue weighted by Gasteiger charge is 2.28. The fraction of sp³-hybridized carbons (Fsp3) is 0.478. The number of carbonyl (C=O) groups is 5. The van der Waals surface area contributed by atoms with Gasteiger partial charge >= 0.3 is 11.9 Å². The maximum absolute atomic E-state index is 12.9. The molecular weight excluding hydrogens is 486 g/mol. The molecule has 0 aromatic heterocycles. The van der Waals surface area contributed by atoms with Crippen molar-refractivity contribution in [1.82, 2.24) is 16.0 Å². The molecule has 0 fully saturated rings. The zero-order chi connectivity index (χ0) is 28.0. The summed E-state index contributed by atoms with van der Waals surface area (Å²) in [6.45, 7) is 1.51. The van der Waals surface area contributed by atoms with Gasteiger partial charge in [0.15, 0.2) is 5.96 Å². The van der Waals surface area contributed by atoms with Gasteiger partial charge in [-0.3, -0.25) is 24.2 Å². The van der Waals surface area contributed by atoms with Crippen molar-refractivity contribution in [3.63, 3.8) is 0 Å². The van der Waals surface area contributed by atoms with Crippen LogP contribution in [0.1, 0.15) is 38.2 Å². The van der Waals surface area contributed by atoms with Crippen molar-refractivity contribution in [2.75, 3.05) is 6.54 Å². The lowest BCUT2D eigenvalue weighted by atomic mass is 10.0. The number of amides is 3. The van der Waals surface area contributed by atoms with Crippen molar-refractivity contribution in [2.24, 2.45) is 22.2 Å². The van der Waals surface area contributed by atoms with Crippen LogP contribution in [0.25, 0.3) is 0 Å². The monoisotopic (exact) mass is 521 g/mol. The number of benzene rings is 1. The predicted octanol–water partition coefficient (Wildman–Crippen LogP) is -1.97. The minimum Gasteiger partial charge on any atom is -0.481 e. The highest BCUT2D eigenvalue weighted by atomic mass is 16.4. The average Bonchev–Trinajstić information content (AvgIpc) is 2.83. The number of aliphatic carboxylic acids is 2. The first-order chi connectivity index (χ1) is 17.4. The van der Waals surface area contributed by atoms with E-state index in [9.17, 15) is 29.1 Å². The van der Waals surface area contributed by atoms with Gasteiger partial charge in [0.05, 0.1) is 6.04 Å². The lowest BCUT2D eigenvalue weighted by Crippen LogP contribution is -2.56. The molecule has 0 aliphatic rings. The summed E-state index contributed by atoms with van der Waals surface area (Å²) < 4.78 is 0. The minimum absolute atomic E-state index is 0.122. The number of nitrogens with zero attached hydrogens (tertiary/aromatic N) is 1. The van der Waals surface area contributed by atoms with Crippen LogP contribution in [0.15, 0.2) is 35.3 Å². The number of carbonyl (C=O) groups excluding carboxylic acids is 3. The SMILES string of the molecule is CC(NC(=O)C(CCCN=C(N)N)NC(=O)C(N)Cc1ccccc1)C(=O)NC(CCC(=O)O)C(=O)O. The second kappa shape index (κ2) is 15.7. The Bertz CT molecular complexity index is 967. The molecule has 0 saturated carbocycles. The maximum Gasteiger partial charge on any atom is 0.326 e. The van der Waals surface area contributed by atoms with Gasteiger partial charge in [0.1, 0.15) is 18.1 Å². The number of hydrogen-bond acceptors (Lipinski definition) is 7. The van der Waals surface area contributed by atoms with Crippen LogP contribution in [0, 0.1) is 0 Å². The van der Waals surface area contributed by atoms with Gasteiger partial charge in [-0.05, 0) is 38.2 Å². The van der Waals surface area contributed by atoms with E-state index in [2.05, 4.69) is 20.9 Å². The number of carboxylic acid groups (broad SMARTS) is 2. The highest BCUT2D eigenvalue weighted by molar-refractivity contribution is 5.94. The second-order valence-corrected chi connectivity index (χ2v) is 8.37. The molecule has 0 spiro atoms. The molecule has 4 unspecified atom stereocenters. The van der Waals surface area contributed by atoms with Gasteiger partial charge < -0.3 is 43.4 Å². The third-order valence-corrected chi connectivity index (χ3v) is 5.23. The van der Waals surface area contributed by atoms with E-state index in [0.29, 0.717) is 6.42 Å². The first-order valence-electron chi connectivity index (χ1n) is 11.6. The molecule has 3 amide bonds. The van der Waals surface area contributed by atoms with E-state index in [1.807, 2.05) is 30.3 Å². The maximum atomic E-state index is 12.9. The standard InChI is InChI=1S/C23H35N7O7/c1-13(19(33)30-17(22(36)37)9-10-18(31)32)28-21(35)16(8-5-11-27-23(25)26)29-20(34)15(24)12-14-6-3-2-4-7-14/h2-4,6-7,13,15-17H,5,8-12,24H2,1H3,(H,28,35)(H,29,34)(H,30,33)(H,31,32)(H,36,37)(H4,25,26,27). The van der Waals surface area contributed by atoms with Gasteiger partial charge in [-0.25, -0.2) is 4.79 Å². The average molecular weight is 522 g/mol. The quantitative estimate of drug-likeness (QED) is 0.0676. The lowest BCUT2D eigenvalue weighted by molar-refractivity contribution is -0.143. The van der Waals surface area contributed by atoms with E-state index in [4.69, 9.17) is 22.3 Å². The van der Waals surface area contributed by atoms with E-state index in [1.54, 1.807) is 0 Å². The molecule has 0 saturated heterocycles. The molecule has 0 aliphatic carbocycles. The molecule has 1 aromatic rings. The predicted molar refractivity (Wildman–Crippen MR) is 134 cm³/mol. The molecule has 0 radical (unpaired) electrons. The number of nitrogens with one attached hydrogen (secondary N) is 3. The fourth-order valence-corrected chi connectivity index (χ4v) is 3.21. The van der Waals surface area contributed by atoms with Gasteiger partial charge in [0.2, 0.25) is 17.7 Å². The number of aliphatic imine (C=N–C) groups is 1. The normalized spacial score (nSPS) is 13.8. The Morgan fingerprint density at radius 3 is 2.08 bits per heavy atom. The van der Waals surface area contributed by atoms with Crippen LogP contribution in [0.3, 0.4) is 0 Å². The Morgan fingerprint density at radius 2 is 1.51 bits per heavy atom. The Hall–Kier alpha value is -4.20. The number of guanidine groups is 1. The van der Waals surface area contributed by atoms with Crippen molar-refractivity contribution in [1.29, 1.82) is 0 Å². The molecule has 14 nitrogen and oxygen atoms in total. The Labute approximate surface area is 214 Å². The molecule has 0 aliphatic heterocycles. The Kier molecular flexibility index (Phi) is 13.1. The molecule has 0 bridgehead atoms. The van der Waals surface area contributed by atoms with Crippen LogP contribution >= 0.6 is 0 Å². The van der Waals surface area contributed by atoms with Crippen molar-refractivity contribution in [3.8, 4) is 0 Å². The summed E-state index contributed by atoms with van der Waals surface area (Å²) in [5.41, 5.74) is 17.5. The zero-order valence-electron chi connectivity index (χ0n) is 20.6. The molecule has 1 aromatic carbocycles. The van der Waals surface area contributed by atoms with Crippen molar-refractivity contribution >= 4 is 35.6 Å². The summed E-state index contributed by atoms with van der Waals surface area (Å²) in [6, 6.07) is 4.41. The zero-order valence-corrected chi connectivity index (χ0v) is 20.6. The van der Waals surface area contributed by atoms with E-state index in [0.717, 1.165) is 5.56 Å². The molecule has 11 N–H and O–H groups in total. The molecular formula is C23H35N7O7. The number of hydrogen-bond donors (Lipinski definition) is 8. The van der Waals surface area contributed by atoms with Crippen LogP contribution in [0.2, 0.25) is 0 Å². The van der Waals surface area contributed by atoms with E-state index in [1.165, 1.54) is 6.92 Å². The van der Waals surface area contributed by atoms with E-state index < -0.39 is 60.2 Å². The molecule has 37 heavy (non-hydrogen) atoms. The molecule has 1 rings (SSSR count). The smallest absolute Gasteiger partial charge is 0.326 e. The summed E-state index contributed by atoms with van der Waals surface area (Å²) in [7, 11) is 0. The van der Waals surface area contributed by atoms with Crippen LogP contribution in [0.4, 0.5) is 0 Å². The number of carboxylic acids is 2. The van der Waals surface area contributed by atoms with Crippen molar-refractivity contribution in [3.05, 3.63) is 35.9 Å². The van der Waals surface area contributed by atoms with Crippen LogP contribution < -0.4 is 33.2 Å². The summed E-state index contributed by atoms with van der Waals surface area (Å²) in [4.78, 5) is 63.9. The summed E-state index contributed by atoms with van der Waals surface area (Å²) in [6.07, 6.45) is -0.121. The first kappa shape index (κ1) is 30.8.